The molecule has 0 saturated heterocycles. The molecule has 0 fully saturated rings. The molecule has 0 radical (unpaired) electrons. The summed E-state index contributed by atoms with van der Waals surface area (Å²) in [6.45, 7) is 0. The summed E-state index contributed by atoms with van der Waals surface area (Å²) in [5.74, 6) is 0.715. The monoisotopic (exact) mass is 612 g/mol. The molecule has 0 aliphatic heterocycles. The third kappa shape index (κ3) is 5.09. The van der Waals surface area contributed by atoms with Crippen LogP contribution in [0, 0.1) is 0 Å². The van der Waals surface area contributed by atoms with Crippen molar-refractivity contribution in [2.45, 2.75) is 12.8 Å². The number of benzene rings is 7. The maximum absolute atomic E-state index is 5.20. The molecule has 8 aromatic rings. The van der Waals surface area contributed by atoms with Crippen LogP contribution in [-0.2, 0) is 0 Å². The molecule has 0 saturated carbocycles. The first kappa shape index (κ1) is 28.1. The topological polar surface area (TPSA) is 25.8 Å². The van der Waals surface area contributed by atoms with Crippen LogP contribution in [0.4, 0.5) is 0 Å². The summed E-state index contributed by atoms with van der Waals surface area (Å²) in [4.78, 5) is 10.3. The summed E-state index contributed by atoms with van der Waals surface area (Å²) in [5, 5.41) is 7.66. The van der Waals surface area contributed by atoms with Gasteiger partial charge in [-0.15, -0.1) is 0 Å². The normalized spacial score (nSPS) is 12.9. The lowest BCUT2D eigenvalue weighted by atomic mass is 9.92. The Hall–Kier alpha value is -6.12. The van der Waals surface area contributed by atoms with Crippen LogP contribution in [0.5, 0.6) is 0 Å². The van der Waals surface area contributed by atoms with Gasteiger partial charge in [0.1, 0.15) is 0 Å². The van der Waals surface area contributed by atoms with E-state index in [-0.39, 0.29) is 0 Å². The Morgan fingerprint density at radius 2 is 0.896 bits per heavy atom. The molecule has 1 heterocycles. The third-order valence-electron chi connectivity index (χ3n) is 9.48. The summed E-state index contributed by atoms with van der Waals surface area (Å²) >= 11 is 0. The van der Waals surface area contributed by atoms with Crippen molar-refractivity contribution in [2.75, 3.05) is 0 Å². The first-order valence-corrected chi connectivity index (χ1v) is 16.6. The van der Waals surface area contributed by atoms with Crippen molar-refractivity contribution < 1.29 is 0 Å². The molecular formula is C46H32N2. The number of hydrogen-bond acceptors (Lipinski definition) is 2. The summed E-state index contributed by atoms with van der Waals surface area (Å²) in [6.07, 6.45) is 8.99. The number of hydrogen-bond donors (Lipinski definition) is 0. The SMILES string of the molecule is C1=CC(c2cccc(-c3cc(-c4ccccc4)nc(-c4cccc(-c5ccc6c7ccccc7c7ccccc7c6c5)c4)n3)c2)=CCC1. The Morgan fingerprint density at radius 3 is 1.60 bits per heavy atom. The van der Waals surface area contributed by atoms with Crippen molar-refractivity contribution >= 4 is 37.9 Å². The van der Waals surface area contributed by atoms with Gasteiger partial charge in [-0.1, -0.05) is 146 Å². The molecule has 48 heavy (non-hydrogen) atoms. The number of rotatable bonds is 5. The van der Waals surface area contributed by atoms with Gasteiger partial charge in [-0.3, -0.25) is 0 Å². The van der Waals surface area contributed by atoms with Crippen molar-refractivity contribution in [3.8, 4) is 45.0 Å². The second-order valence-corrected chi connectivity index (χ2v) is 12.5. The zero-order valence-electron chi connectivity index (χ0n) is 26.5. The van der Waals surface area contributed by atoms with Gasteiger partial charge in [0.05, 0.1) is 11.4 Å². The van der Waals surface area contributed by atoms with E-state index >= 15 is 0 Å². The quantitative estimate of drug-likeness (QED) is 0.181. The lowest BCUT2D eigenvalue weighted by molar-refractivity contribution is 1.04. The average molecular weight is 613 g/mol. The number of aromatic nitrogens is 2. The van der Waals surface area contributed by atoms with Crippen LogP contribution in [0.3, 0.4) is 0 Å². The highest BCUT2D eigenvalue weighted by molar-refractivity contribution is 6.25. The van der Waals surface area contributed by atoms with Gasteiger partial charge >= 0.3 is 0 Å². The van der Waals surface area contributed by atoms with Gasteiger partial charge in [0.15, 0.2) is 5.82 Å². The van der Waals surface area contributed by atoms with Crippen LogP contribution < -0.4 is 0 Å². The third-order valence-corrected chi connectivity index (χ3v) is 9.48. The van der Waals surface area contributed by atoms with Crippen LogP contribution in [0.1, 0.15) is 18.4 Å². The van der Waals surface area contributed by atoms with Gasteiger partial charge in [0, 0.05) is 16.7 Å². The van der Waals surface area contributed by atoms with E-state index in [9.17, 15) is 0 Å². The van der Waals surface area contributed by atoms with Crippen molar-refractivity contribution in [1.29, 1.82) is 0 Å². The number of nitrogens with zero attached hydrogens (tertiary/aromatic N) is 2. The van der Waals surface area contributed by atoms with E-state index in [4.69, 9.17) is 9.97 Å². The predicted octanol–water partition coefficient (Wildman–Crippen LogP) is 12.3. The molecule has 1 aliphatic carbocycles. The van der Waals surface area contributed by atoms with Crippen LogP contribution in [0.25, 0.3) is 82.9 Å². The fourth-order valence-electron chi connectivity index (χ4n) is 7.09. The molecule has 0 N–H and O–H groups in total. The summed E-state index contributed by atoms with van der Waals surface area (Å²) in [5.41, 5.74) is 9.75. The summed E-state index contributed by atoms with van der Waals surface area (Å²) in [6, 6.07) is 54.2. The highest BCUT2D eigenvalue weighted by Crippen LogP contribution is 2.38. The first-order valence-electron chi connectivity index (χ1n) is 16.6. The zero-order chi connectivity index (χ0) is 31.9. The Labute approximate surface area is 280 Å². The molecule has 1 aromatic heterocycles. The van der Waals surface area contributed by atoms with E-state index in [0.29, 0.717) is 5.82 Å². The molecule has 1 aliphatic rings. The molecule has 0 bridgehead atoms. The zero-order valence-corrected chi connectivity index (χ0v) is 26.5. The maximum atomic E-state index is 5.20. The second kappa shape index (κ2) is 11.9. The number of allylic oxidation sites excluding steroid dienone is 4. The predicted molar refractivity (Wildman–Crippen MR) is 203 cm³/mol. The molecule has 0 atom stereocenters. The Balaban J connectivity index is 1.18. The van der Waals surface area contributed by atoms with Gasteiger partial charge in [-0.25, -0.2) is 9.97 Å². The molecule has 0 spiro atoms. The summed E-state index contributed by atoms with van der Waals surface area (Å²) in [7, 11) is 0. The Morgan fingerprint density at radius 1 is 0.354 bits per heavy atom. The van der Waals surface area contributed by atoms with Crippen LogP contribution >= 0.6 is 0 Å². The van der Waals surface area contributed by atoms with E-state index < -0.39 is 0 Å². The molecule has 9 rings (SSSR count). The molecule has 7 aromatic carbocycles. The fourth-order valence-corrected chi connectivity index (χ4v) is 7.09. The van der Waals surface area contributed by atoms with Gasteiger partial charge in [0.25, 0.3) is 0 Å². The Kier molecular flexibility index (Phi) is 6.98. The average Bonchev–Trinajstić information content (AvgIpc) is 3.18. The lowest BCUT2D eigenvalue weighted by Crippen LogP contribution is -1.97. The van der Waals surface area contributed by atoms with Gasteiger partial charge in [0.2, 0.25) is 0 Å². The second-order valence-electron chi connectivity index (χ2n) is 12.5. The number of fused-ring (bicyclic) bond motifs is 6. The minimum absolute atomic E-state index is 0.715. The van der Waals surface area contributed by atoms with Crippen LogP contribution in [0.2, 0.25) is 0 Å². The Bertz CT molecular complexity index is 2520. The molecule has 0 unspecified atom stereocenters. The smallest absolute Gasteiger partial charge is 0.160 e. The van der Waals surface area contributed by atoms with Gasteiger partial charge < -0.3 is 0 Å². The van der Waals surface area contributed by atoms with Crippen LogP contribution in [-0.4, -0.2) is 9.97 Å². The molecule has 0 amide bonds. The highest BCUT2D eigenvalue weighted by Gasteiger charge is 2.14. The van der Waals surface area contributed by atoms with Crippen molar-refractivity contribution in [3.63, 3.8) is 0 Å². The fraction of sp³-hybridized carbons (Fsp3) is 0.0435. The van der Waals surface area contributed by atoms with Crippen molar-refractivity contribution in [3.05, 3.63) is 175 Å². The largest absolute Gasteiger partial charge is 0.228 e. The van der Waals surface area contributed by atoms with Gasteiger partial charge in [-0.2, -0.15) is 0 Å². The van der Waals surface area contributed by atoms with Crippen LogP contribution in [0.15, 0.2) is 170 Å². The summed E-state index contributed by atoms with van der Waals surface area (Å²) < 4.78 is 0. The lowest BCUT2D eigenvalue weighted by Gasteiger charge is -2.13. The molecule has 226 valence electrons. The van der Waals surface area contributed by atoms with Crippen molar-refractivity contribution in [2.24, 2.45) is 0 Å². The van der Waals surface area contributed by atoms with E-state index in [1.165, 1.54) is 49.0 Å². The van der Waals surface area contributed by atoms with Gasteiger partial charge in [-0.05, 0) is 91.7 Å². The minimum Gasteiger partial charge on any atom is -0.228 e. The van der Waals surface area contributed by atoms with Crippen molar-refractivity contribution in [1.82, 2.24) is 9.97 Å². The highest BCUT2D eigenvalue weighted by atomic mass is 14.9. The standard InChI is InChI=1S/C46H32N2/c1-3-13-31(14-4-1)33-17-11-19-36(27-33)45-30-44(32-15-5-2-6-16-32)47-46(48-45)37-20-12-18-34(28-37)35-25-26-42-40-23-8-7-21-38(40)39-22-9-10-24-41(39)43(42)29-35/h2-3,5-30H,1,4H2. The molecule has 2 nitrogen and oxygen atoms in total. The maximum Gasteiger partial charge on any atom is 0.160 e. The van der Waals surface area contributed by atoms with E-state index in [1.807, 2.05) is 6.07 Å². The minimum atomic E-state index is 0.715. The first-order chi connectivity index (χ1) is 23.8. The molecule has 2 heteroatoms. The van der Waals surface area contributed by atoms with E-state index in [1.54, 1.807) is 0 Å². The van der Waals surface area contributed by atoms with E-state index in [0.717, 1.165) is 46.5 Å². The van der Waals surface area contributed by atoms with E-state index in [2.05, 4.69) is 164 Å². The molecular weight excluding hydrogens is 581 g/mol.